The highest BCUT2D eigenvalue weighted by atomic mass is 32.1. The van der Waals surface area contributed by atoms with E-state index in [9.17, 15) is 14.4 Å². The number of carbonyl (C=O) groups excluding carboxylic acids is 2. The monoisotopic (exact) mass is 353 g/mol. The van der Waals surface area contributed by atoms with Crippen molar-refractivity contribution in [2.45, 2.75) is 52.5 Å². The second-order valence-corrected chi connectivity index (χ2v) is 8.05. The van der Waals surface area contributed by atoms with Gasteiger partial charge in [-0.1, -0.05) is 20.8 Å². The summed E-state index contributed by atoms with van der Waals surface area (Å²) in [6.07, 6.45) is 1.63. The van der Waals surface area contributed by atoms with Gasteiger partial charge in [0.05, 0.1) is 12.1 Å². The molecular weight excluding hydrogens is 330 g/mol. The van der Waals surface area contributed by atoms with Gasteiger partial charge in [-0.15, -0.1) is 11.3 Å². The van der Waals surface area contributed by atoms with Gasteiger partial charge >= 0.3 is 5.97 Å². The van der Waals surface area contributed by atoms with E-state index in [1.165, 1.54) is 16.2 Å². The smallest absolute Gasteiger partial charge is 0.326 e. The molecule has 0 aromatic carbocycles. The molecule has 2 rings (SSSR count). The zero-order valence-corrected chi connectivity index (χ0v) is 15.0. The molecule has 7 nitrogen and oxygen atoms in total. The molecule has 2 amide bonds. The molecule has 132 valence electrons. The lowest BCUT2D eigenvalue weighted by atomic mass is 9.92. The number of likely N-dealkylation sites (tertiary alicyclic amines) is 1. The summed E-state index contributed by atoms with van der Waals surface area (Å²) in [5.41, 5.74) is 0.439. The number of nitrogens with zero attached hydrogens (tertiary/aromatic N) is 2. The van der Waals surface area contributed by atoms with Crippen molar-refractivity contribution in [3.8, 4) is 0 Å². The van der Waals surface area contributed by atoms with E-state index in [-0.39, 0.29) is 23.7 Å². The number of carboxylic acids is 1. The molecule has 0 radical (unpaired) electrons. The zero-order chi connectivity index (χ0) is 17.9. The lowest BCUT2D eigenvalue weighted by Crippen LogP contribution is -2.41. The number of carboxylic acid groups (broad SMARTS) is 1. The molecule has 1 unspecified atom stereocenters. The van der Waals surface area contributed by atoms with Crippen LogP contribution in [0, 0.1) is 5.41 Å². The van der Waals surface area contributed by atoms with Crippen LogP contribution in [-0.2, 0) is 20.8 Å². The fourth-order valence-electron chi connectivity index (χ4n) is 2.67. The molecular formula is C16H23N3O4S. The van der Waals surface area contributed by atoms with Crippen LogP contribution in [-0.4, -0.2) is 45.4 Å². The Morgan fingerprint density at radius 3 is 2.75 bits per heavy atom. The van der Waals surface area contributed by atoms with Crippen molar-refractivity contribution in [2.75, 3.05) is 11.9 Å². The Bertz CT molecular complexity index is 636. The summed E-state index contributed by atoms with van der Waals surface area (Å²) in [5, 5.41) is 14.1. The first-order chi connectivity index (χ1) is 11.2. The number of carbonyl (C=O) groups is 3. The van der Waals surface area contributed by atoms with Gasteiger partial charge in [-0.2, -0.15) is 0 Å². The van der Waals surface area contributed by atoms with Crippen molar-refractivity contribution in [2.24, 2.45) is 5.41 Å². The molecule has 1 fully saturated rings. The maximum absolute atomic E-state index is 12.3. The number of thiazole rings is 1. The van der Waals surface area contributed by atoms with Crippen LogP contribution in [0.15, 0.2) is 5.38 Å². The van der Waals surface area contributed by atoms with E-state index in [1.807, 2.05) is 20.8 Å². The van der Waals surface area contributed by atoms with E-state index < -0.39 is 12.0 Å². The average molecular weight is 353 g/mol. The van der Waals surface area contributed by atoms with Crippen LogP contribution in [0.4, 0.5) is 5.13 Å². The molecule has 1 aromatic rings. The van der Waals surface area contributed by atoms with Crippen LogP contribution in [0.2, 0.25) is 0 Å². The third-order valence-electron chi connectivity index (χ3n) is 3.68. The normalized spacial score (nSPS) is 17.8. The molecule has 1 saturated heterocycles. The zero-order valence-electron chi connectivity index (χ0n) is 14.2. The maximum Gasteiger partial charge on any atom is 0.326 e. The van der Waals surface area contributed by atoms with Crippen molar-refractivity contribution in [3.05, 3.63) is 11.1 Å². The standard InChI is InChI=1S/C16H23N3O4S/c1-16(2,3)8-12(20)18-15-17-10(9-24-15)7-13(21)19-6-4-5-11(19)14(22)23/h9,11H,4-8H2,1-3H3,(H,22,23)(H,17,18,20). The minimum atomic E-state index is -0.964. The number of aliphatic carboxylic acids is 1. The second-order valence-electron chi connectivity index (χ2n) is 7.19. The van der Waals surface area contributed by atoms with E-state index >= 15 is 0 Å². The Kier molecular flexibility index (Phi) is 5.58. The fraction of sp³-hybridized carbons (Fsp3) is 0.625. The lowest BCUT2D eigenvalue weighted by Gasteiger charge is -2.20. The van der Waals surface area contributed by atoms with Crippen molar-refractivity contribution >= 4 is 34.3 Å². The van der Waals surface area contributed by atoms with E-state index in [0.29, 0.717) is 36.6 Å². The third-order valence-corrected chi connectivity index (χ3v) is 4.49. The highest BCUT2D eigenvalue weighted by Gasteiger charge is 2.33. The highest BCUT2D eigenvalue weighted by Crippen LogP contribution is 2.23. The minimum absolute atomic E-state index is 0.0510. The van der Waals surface area contributed by atoms with Gasteiger partial charge in [0.1, 0.15) is 6.04 Å². The molecule has 1 aliphatic rings. The van der Waals surface area contributed by atoms with E-state index in [4.69, 9.17) is 5.11 Å². The summed E-state index contributed by atoms with van der Waals surface area (Å²) in [4.78, 5) is 41.0. The summed E-state index contributed by atoms with van der Waals surface area (Å²) in [6, 6.07) is -0.734. The number of aromatic nitrogens is 1. The Morgan fingerprint density at radius 2 is 2.12 bits per heavy atom. The summed E-state index contributed by atoms with van der Waals surface area (Å²) in [5.74, 6) is -1.31. The molecule has 24 heavy (non-hydrogen) atoms. The molecule has 8 heteroatoms. The average Bonchev–Trinajstić information content (AvgIpc) is 3.05. The minimum Gasteiger partial charge on any atom is -0.480 e. The fourth-order valence-corrected chi connectivity index (χ4v) is 3.40. The van der Waals surface area contributed by atoms with Gasteiger partial charge in [-0.25, -0.2) is 9.78 Å². The highest BCUT2D eigenvalue weighted by molar-refractivity contribution is 7.13. The predicted octanol–water partition coefficient (Wildman–Crippen LogP) is 2.14. The topological polar surface area (TPSA) is 99.6 Å². The summed E-state index contributed by atoms with van der Waals surface area (Å²) >= 11 is 1.27. The first-order valence-corrected chi connectivity index (χ1v) is 8.80. The number of hydrogen-bond donors (Lipinski definition) is 2. The van der Waals surface area contributed by atoms with E-state index in [0.717, 1.165) is 0 Å². The molecule has 0 aliphatic carbocycles. The van der Waals surface area contributed by atoms with Crippen molar-refractivity contribution < 1.29 is 19.5 Å². The SMILES string of the molecule is CC(C)(C)CC(=O)Nc1nc(CC(=O)N2CCCC2C(=O)O)cs1. The Labute approximate surface area is 145 Å². The van der Waals surface area contributed by atoms with Gasteiger partial charge in [0.25, 0.3) is 0 Å². The summed E-state index contributed by atoms with van der Waals surface area (Å²) < 4.78 is 0. The largest absolute Gasteiger partial charge is 0.480 e. The quantitative estimate of drug-likeness (QED) is 0.845. The van der Waals surface area contributed by atoms with Gasteiger partial charge in [-0.3, -0.25) is 9.59 Å². The molecule has 2 heterocycles. The number of nitrogens with one attached hydrogen (secondary N) is 1. The molecule has 2 N–H and O–H groups in total. The Hall–Kier alpha value is -1.96. The summed E-state index contributed by atoms with van der Waals surface area (Å²) in [7, 11) is 0. The molecule has 0 spiro atoms. The van der Waals surface area contributed by atoms with Crippen molar-refractivity contribution in [3.63, 3.8) is 0 Å². The van der Waals surface area contributed by atoms with Crippen LogP contribution in [0.3, 0.4) is 0 Å². The van der Waals surface area contributed by atoms with Crippen LogP contribution < -0.4 is 5.32 Å². The molecule has 1 aromatic heterocycles. The first kappa shape index (κ1) is 18.4. The van der Waals surface area contributed by atoms with Crippen LogP contribution in [0.5, 0.6) is 0 Å². The Balaban J connectivity index is 1.92. The first-order valence-electron chi connectivity index (χ1n) is 7.92. The van der Waals surface area contributed by atoms with E-state index in [1.54, 1.807) is 5.38 Å². The number of hydrogen-bond acceptors (Lipinski definition) is 5. The van der Waals surface area contributed by atoms with E-state index in [2.05, 4.69) is 10.3 Å². The molecule has 1 atom stereocenters. The predicted molar refractivity (Wildman–Crippen MR) is 90.9 cm³/mol. The maximum atomic E-state index is 12.3. The van der Waals surface area contributed by atoms with Crippen LogP contribution in [0.1, 0.15) is 45.7 Å². The van der Waals surface area contributed by atoms with Gasteiger partial charge in [0, 0.05) is 18.3 Å². The Morgan fingerprint density at radius 1 is 1.42 bits per heavy atom. The number of rotatable bonds is 5. The van der Waals surface area contributed by atoms with Gasteiger partial charge in [0.2, 0.25) is 11.8 Å². The van der Waals surface area contributed by atoms with Crippen molar-refractivity contribution in [1.82, 2.24) is 9.88 Å². The molecule has 0 saturated carbocycles. The molecule has 0 bridgehead atoms. The number of anilines is 1. The second kappa shape index (κ2) is 7.29. The third kappa shape index (κ3) is 5.02. The number of amides is 2. The van der Waals surface area contributed by atoms with Gasteiger partial charge < -0.3 is 15.3 Å². The van der Waals surface area contributed by atoms with Gasteiger partial charge in [0.15, 0.2) is 5.13 Å². The molecule has 1 aliphatic heterocycles. The van der Waals surface area contributed by atoms with Gasteiger partial charge in [-0.05, 0) is 18.3 Å². The van der Waals surface area contributed by atoms with Crippen molar-refractivity contribution in [1.29, 1.82) is 0 Å². The summed E-state index contributed by atoms with van der Waals surface area (Å²) in [6.45, 7) is 6.41. The lowest BCUT2D eigenvalue weighted by molar-refractivity contribution is -0.148. The van der Waals surface area contributed by atoms with Crippen LogP contribution in [0.25, 0.3) is 0 Å². The van der Waals surface area contributed by atoms with Crippen LogP contribution >= 0.6 is 11.3 Å².